The Hall–Kier alpha value is -1.89. The van der Waals surface area contributed by atoms with Gasteiger partial charge in [0.1, 0.15) is 5.76 Å². The average molecular weight is 348 g/mol. The van der Waals surface area contributed by atoms with Gasteiger partial charge in [-0.1, -0.05) is 5.16 Å². The number of likely N-dealkylation sites (tertiary alicyclic amines) is 1. The SMILES string of the molecule is CC1CC(NC(=O)c2cc(C3CC3)on2)CCN1C(=O)CCCCN. The lowest BCUT2D eigenvalue weighted by atomic mass is 9.97. The molecule has 3 rings (SSSR count). The van der Waals surface area contributed by atoms with Crippen molar-refractivity contribution in [2.45, 2.75) is 69.9 Å². The molecule has 25 heavy (non-hydrogen) atoms. The fourth-order valence-corrected chi connectivity index (χ4v) is 3.45. The number of rotatable bonds is 7. The highest BCUT2D eigenvalue weighted by Gasteiger charge is 2.31. The summed E-state index contributed by atoms with van der Waals surface area (Å²) in [6.45, 7) is 3.35. The van der Waals surface area contributed by atoms with Gasteiger partial charge < -0.3 is 20.5 Å². The first kappa shape index (κ1) is 17.9. The number of aromatic nitrogens is 1. The zero-order valence-corrected chi connectivity index (χ0v) is 14.9. The Labute approximate surface area is 148 Å². The number of hydrogen-bond acceptors (Lipinski definition) is 5. The van der Waals surface area contributed by atoms with Crippen molar-refractivity contribution in [3.05, 3.63) is 17.5 Å². The molecule has 1 aliphatic carbocycles. The Morgan fingerprint density at radius 2 is 2.16 bits per heavy atom. The van der Waals surface area contributed by atoms with Crippen molar-refractivity contribution in [1.82, 2.24) is 15.4 Å². The van der Waals surface area contributed by atoms with E-state index in [9.17, 15) is 9.59 Å². The number of carbonyl (C=O) groups is 2. The van der Waals surface area contributed by atoms with Crippen LogP contribution in [0.4, 0.5) is 0 Å². The maximum absolute atomic E-state index is 12.3. The number of carbonyl (C=O) groups excluding carboxylic acids is 2. The smallest absolute Gasteiger partial charge is 0.273 e. The van der Waals surface area contributed by atoms with Crippen LogP contribution in [0.5, 0.6) is 0 Å². The largest absolute Gasteiger partial charge is 0.360 e. The first-order valence-corrected chi connectivity index (χ1v) is 9.35. The second-order valence-corrected chi connectivity index (χ2v) is 7.27. The first-order valence-electron chi connectivity index (χ1n) is 9.35. The van der Waals surface area contributed by atoms with Crippen LogP contribution >= 0.6 is 0 Å². The van der Waals surface area contributed by atoms with Crippen LogP contribution in [0.2, 0.25) is 0 Å². The number of nitrogens with zero attached hydrogens (tertiary/aromatic N) is 2. The van der Waals surface area contributed by atoms with Gasteiger partial charge in [0.25, 0.3) is 5.91 Å². The maximum atomic E-state index is 12.3. The minimum absolute atomic E-state index is 0.0664. The molecule has 7 nitrogen and oxygen atoms in total. The van der Waals surface area contributed by atoms with E-state index in [1.807, 2.05) is 11.8 Å². The molecule has 1 saturated carbocycles. The third kappa shape index (κ3) is 4.60. The van der Waals surface area contributed by atoms with Crippen molar-refractivity contribution in [3.8, 4) is 0 Å². The molecule has 1 saturated heterocycles. The molecule has 0 radical (unpaired) electrons. The Bertz CT molecular complexity index is 611. The summed E-state index contributed by atoms with van der Waals surface area (Å²) in [5.74, 6) is 1.27. The van der Waals surface area contributed by atoms with E-state index >= 15 is 0 Å². The van der Waals surface area contributed by atoms with Crippen molar-refractivity contribution in [1.29, 1.82) is 0 Å². The average Bonchev–Trinajstić information content (AvgIpc) is 3.32. The van der Waals surface area contributed by atoms with Crippen LogP contribution in [0, 0.1) is 0 Å². The van der Waals surface area contributed by atoms with Crippen LogP contribution in [-0.4, -0.2) is 47.0 Å². The minimum Gasteiger partial charge on any atom is -0.360 e. The molecule has 0 aromatic carbocycles. The van der Waals surface area contributed by atoms with Gasteiger partial charge in [-0.05, 0) is 52.0 Å². The molecular formula is C18H28N4O3. The summed E-state index contributed by atoms with van der Waals surface area (Å²) in [4.78, 5) is 26.6. The van der Waals surface area contributed by atoms with Crippen molar-refractivity contribution >= 4 is 11.8 Å². The van der Waals surface area contributed by atoms with Crippen LogP contribution in [0.15, 0.2) is 10.6 Å². The molecule has 2 aliphatic rings. The Kier molecular flexibility index (Phi) is 5.73. The molecule has 2 amide bonds. The summed E-state index contributed by atoms with van der Waals surface area (Å²) in [5.41, 5.74) is 5.83. The van der Waals surface area contributed by atoms with E-state index in [1.165, 1.54) is 0 Å². The second kappa shape index (κ2) is 7.99. The lowest BCUT2D eigenvalue weighted by Gasteiger charge is -2.38. The van der Waals surface area contributed by atoms with E-state index in [4.69, 9.17) is 10.3 Å². The molecule has 0 spiro atoms. The third-order valence-electron chi connectivity index (χ3n) is 5.12. The Morgan fingerprint density at radius 1 is 1.36 bits per heavy atom. The number of hydrogen-bond donors (Lipinski definition) is 2. The summed E-state index contributed by atoms with van der Waals surface area (Å²) >= 11 is 0. The van der Waals surface area contributed by atoms with E-state index in [1.54, 1.807) is 6.07 Å². The number of piperidine rings is 1. The molecule has 3 N–H and O–H groups in total. The molecule has 2 unspecified atom stereocenters. The van der Waals surface area contributed by atoms with Gasteiger partial charge in [-0.15, -0.1) is 0 Å². The molecule has 7 heteroatoms. The van der Waals surface area contributed by atoms with Crippen LogP contribution in [0.3, 0.4) is 0 Å². The van der Waals surface area contributed by atoms with Crippen LogP contribution < -0.4 is 11.1 Å². The molecule has 2 atom stereocenters. The number of amides is 2. The van der Waals surface area contributed by atoms with Crippen molar-refractivity contribution < 1.29 is 14.1 Å². The van der Waals surface area contributed by atoms with Crippen LogP contribution in [0.1, 0.15) is 74.0 Å². The summed E-state index contributed by atoms with van der Waals surface area (Å²) < 4.78 is 5.24. The quantitative estimate of drug-likeness (QED) is 0.732. The van der Waals surface area contributed by atoms with Gasteiger partial charge in [0, 0.05) is 37.0 Å². The molecule has 2 heterocycles. The first-order chi connectivity index (χ1) is 12.1. The predicted octanol–water partition coefficient (Wildman–Crippen LogP) is 1.79. The van der Waals surface area contributed by atoms with E-state index in [2.05, 4.69) is 10.5 Å². The zero-order chi connectivity index (χ0) is 17.8. The summed E-state index contributed by atoms with van der Waals surface area (Å²) in [6, 6.07) is 1.95. The molecule has 2 fully saturated rings. The Morgan fingerprint density at radius 3 is 2.84 bits per heavy atom. The van der Waals surface area contributed by atoms with Crippen LogP contribution in [-0.2, 0) is 4.79 Å². The summed E-state index contributed by atoms with van der Waals surface area (Å²) in [7, 11) is 0. The minimum atomic E-state index is -0.185. The van der Waals surface area contributed by atoms with Gasteiger partial charge in [-0.2, -0.15) is 0 Å². The van der Waals surface area contributed by atoms with Gasteiger partial charge in [0.2, 0.25) is 5.91 Å². The lowest BCUT2D eigenvalue weighted by molar-refractivity contribution is -0.134. The second-order valence-electron chi connectivity index (χ2n) is 7.27. The van der Waals surface area contributed by atoms with Crippen molar-refractivity contribution in [2.24, 2.45) is 5.73 Å². The topological polar surface area (TPSA) is 101 Å². The molecule has 0 bridgehead atoms. The fourth-order valence-electron chi connectivity index (χ4n) is 3.45. The van der Waals surface area contributed by atoms with E-state index in [-0.39, 0.29) is 23.9 Å². The standard InChI is InChI=1S/C18H28N4O3/c1-12-10-14(7-9-22(12)17(23)4-2-3-8-19)20-18(24)15-11-16(25-21-15)13-5-6-13/h11-14H,2-10,19H2,1H3,(H,20,24). The number of unbranched alkanes of at least 4 members (excludes halogenated alkanes) is 1. The number of nitrogens with two attached hydrogens (primary N) is 1. The van der Waals surface area contributed by atoms with Gasteiger partial charge in [-0.3, -0.25) is 9.59 Å². The van der Waals surface area contributed by atoms with Gasteiger partial charge in [0.05, 0.1) is 0 Å². The van der Waals surface area contributed by atoms with Crippen LogP contribution in [0.25, 0.3) is 0 Å². The summed E-state index contributed by atoms with van der Waals surface area (Å²) in [5, 5.41) is 6.92. The summed E-state index contributed by atoms with van der Waals surface area (Å²) in [6.07, 6.45) is 6.05. The monoisotopic (exact) mass is 348 g/mol. The fraction of sp³-hybridized carbons (Fsp3) is 0.722. The lowest BCUT2D eigenvalue weighted by Crippen LogP contribution is -2.50. The zero-order valence-electron chi connectivity index (χ0n) is 14.9. The van der Waals surface area contributed by atoms with Crippen molar-refractivity contribution in [2.75, 3.05) is 13.1 Å². The highest BCUT2D eigenvalue weighted by atomic mass is 16.5. The van der Waals surface area contributed by atoms with E-state index in [0.29, 0.717) is 31.1 Å². The highest BCUT2D eigenvalue weighted by Crippen LogP contribution is 2.40. The molecule has 1 aliphatic heterocycles. The van der Waals surface area contributed by atoms with Gasteiger partial charge in [-0.25, -0.2) is 0 Å². The van der Waals surface area contributed by atoms with Crippen molar-refractivity contribution in [3.63, 3.8) is 0 Å². The molecule has 1 aromatic rings. The molecular weight excluding hydrogens is 320 g/mol. The predicted molar refractivity (Wildman–Crippen MR) is 93.0 cm³/mol. The van der Waals surface area contributed by atoms with Gasteiger partial charge >= 0.3 is 0 Å². The van der Waals surface area contributed by atoms with Gasteiger partial charge in [0.15, 0.2) is 5.69 Å². The van der Waals surface area contributed by atoms with E-state index in [0.717, 1.165) is 44.3 Å². The number of nitrogens with one attached hydrogen (secondary N) is 1. The Balaban J connectivity index is 1.47. The maximum Gasteiger partial charge on any atom is 0.273 e. The molecule has 138 valence electrons. The molecule has 1 aromatic heterocycles. The van der Waals surface area contributed by atoms with E-state index < -0.39 is 0 Å². The third-order valence-corrected chi connectivity index (χ3v) is 5.12. The normalized spacial score (nSPS) is 23.5. The highest BCUT2D eigenvalue weighted by molar-refractivity contribution is 5.92.